The van der Waals surface area contributed by atoms with Crippen LogP contribution in [0.15, 0.2) is 0 Å². The maximum Gasteiger partial charge on any atom is 0.00753 e. The van der Waals surface area contributed by atoms with Gasteiger partial charge in [-0.15, -0.1) is 0 Å². The van der Waals surface area contributed by atoms with Gasteiger partial charge in [-0.05, 0) is 58.2 Å². The van der Waals surface area contributed by atoms with Crippen molar-refractivity contribution in [3.05, 3.63) is 0 Å². The Hall–Kier alpha value is 0.270. The van der Waals surface area contributed by atoms with E-state index in [1.807, 2.05) is 0 Å². The minimum Gasteiger partial charge on any atom is -0.317 e. The summed E-state index contributed by atoms with van der Waals surface area (Å²) in [4.78, 5) is 2.70. The zero-order valence-corrected chi connectivity index (χ0v) is 12.3. The van der Waals surface area contributed by atoms with E-state index in [-0.39, 0.29) is 0 Å². The Morgan fingerprint density at radius 3 is 2.65 bits per heavy atom. The highest BCUT2D eigenvalue weighted by atomic mass is 32.2. The van der Waals surface area contributed by atoms with Crippen LogP contribution < -0.4 is 5.32 Å². The second-order valence-electron chi connectivity index (χ2n) is 5.83. The minimum absolute atomic E-state index is 0.812. The molecule has 2 atom stereocenters. The Balaban J connectivity index is 1.61. The van der Waals surface area contributed by atoms with Gasteiger partial charge >= 0.3 is 0 Å². The van der Waals surface area contributed by atoms with Gasteiger partial charge in [0.2, 0.25) is 0 Å². The van der Waals surface area contributed by atoms with Crippen LogP contribution in [0.2, 0.25) is 0 Å². The van der Waals surface area contributed by atoms with Crippen molar-refractivity contribution in [1.29, 1.82) is 0 Å². The van der Waals surface area contributed by atoms with E-state index in [4.69, 9.17) is 0 Å². The molecule has 2 unspecified atom stereocenters. The highest BCUT2D eigenvalue weighted by Crippen LogP contribution is 2.24. The van der Waals surface area contributed by atoms with Crippen LogP contribution in [0.3, 0.4) is 0 Å². The highest BCUT2D eigenvalue weighted by molar-refractivity contribution is 7.99. The van der Waals surface area contributed by atoms with E-state index in [0.29, 0.717) is 0 Å². The van der Waals surface area contributed by atoms with Gasteiger partial charge in [-0.2, -0.15) is 11.8 Å². The smallest absolute Gasteiger partial charge is 0.00753 e. The Labute approximate surface area is 111 Å². The van der Waals surface area contributed by atoms with Crippen LogP contribution in [0.5, 0.6) is 0 Å². The summed E-state index contributed by atoms with van der Waals surface area (Å²) < 4.78 is 0. The predicted octanol–water partition coefficient (Wildman–Crippen LogP) is 2.59. The van der Waals surface area contributed by atoms with Crippen molar-refractivity contribution in [3.63, 3.8) is 0 Å². The van der Waals surface area contributed by atoms with E-state index in [1.54, 1.807) is 0 Å². The number of likely N-dealkylation sites (tertiary alicyclic amines) is 1. The summed E-state index contributed by atoms with van der Waals surface area (Å²) >= 11 is 2.21. The third kappa shape index (κ3) is 4.46. The molecule has 0 radical (unpaired) electrons. The highest BCUT2D eigenvalue weighted by Gasteiger charge is 2.22. The molecule has 0 aromatic rings. The van der Waals surface area contributed by atoms with Crippen LogP contribution in [-0.2, 0) is 0 Å². The summed E-state index contributed by atoms with van der Waals surface area (Å²) in [5, 5.41) is 4.37. The molecule has 2 heterocycles. The number of piperidine rings is 2. The Bertz CT molecular complexity index is 216. The molecule has 0 bridgehead atoms. The molecule has 2 nitrogen and oxygen atoms in total. The standard InChI is InChI=1S/C14H28N2S/c1-12-5-8-16(13(2)11-12)9-10-17-14-3-6-15-7-4-14/h12-15H,3-11H2,1-2H3. The first-order chi connectivity index (χ1) is 8.25. The fourth-order valence-corrected chi connectivity index (χ4v) is 4.33. The lowest BCUT2D eigenvalue weighted by Gasteiger charge is -2.36. The van der Waals surface area contributed by atoms with Gasteiger partial charge < -0.3 is 5.32 Å². The first-order valence-electron chi connectivity index (χ1n) is 7.32. The van der Waals surface area contributed by atoms with E-state index in [0.717, 1.165) is 17.2 Å². The van der Waals surface area contributed by atoms with Crippen molar-refractivity contribution in [1.82, 2.24) is 10.2 Å². The lowest BCUT2D eigenvalue weighted by atomic mass is 9.93. The molecule has 0 aromatic carbocycles. The molecular weight excluding hydrogens is 228 g/mol. The Morgan fingerprint density at radius 1 is 1.18 bits per heavy atom. The topological polar surface area (TPSA) is 15.3 Å². The van der Waals surface area contributed by atoms with Crippen LogP contribution in [0.1, 0.15) is 39.5 Å². The lowest BCUT2D eigenvalue weighted by Crippen LogP contribution is -2.41. The van der Waals surface area contributed by atoms with Crippen molar-refractivity contribution >= 4 is 11.8 Å². The lowest BCUT2D eigenvalue weighted by molar-refractivity contribution is 0.138. The number of thioether (sulfide) groups is 1. The normalized spacial score (nSPS) is 32.8. The molecule has 0 aliphatic carbocycles. The third-order valence-corrected chi connectivity index (χ3v) is 5.66. The van der Waals surface area contributed by atoms with Gasteiger partial charge in [0.05, 0.1) is 0 Å². The third-order valence-electron chi connectivity index (χ3n) is 4.29. The molecule has 0 saturated carbocycles. The second-order valence-corrected chi connectivity index (χ2v) is 7.24. The molecule has 0 amide bonds. The van der Waals surface area contributed by atoms with E-state index >= 15 is 0 Å². The van der Waals surface area contributed by atoms with Gasteiger partial charge in [-0.3, -0.25) is 4.90 Å². The van der Waals surface area contributed by atoms with Crippen LogP contribution in [0, 0.1) is 5.92 Å². The number of nitrogens with one attached hydrogen (secondary N) is 1. The number of nitrogens with zero attached hydrogens (tertiary/aromatic N) is 1. The van der Waals surface area contributed by atoms with E-state index in [9.17, 15) is 0 Å². The van der Waals surface area contributed by atoms with Crippen molar-refractivity contribution in [3.8, 4) is 0 Å². The largest absolute Gasteiger partial charge is 0.317 e. The molecule has 2 fully saturated rings. The number of hydrogen-bond acceptors (Lipinski definition) is 3. The van der Waals surface area contributed by atoms with Gasteiger partial charge in [0.15, 0.2) is 0 Å². The zero-order valence-electron chi connectivity index (χ0n) is 11.5. The van der Waals surface area contributed by atoms with Crippen LogP contribution in [-0.4, -0.2) is 48.1 Å². The molecule has 2 aliphatic rings. The van der Waals surface area contributed by atoms with Crippen LogP contribution in [0.4, 0.5) is 0 Å². The Morgan fingerprint density at radius 2 is 1.94 bits per heavy atom. The quantitative estimate of drug-likeness (QED) is 0.832. The molecule has 0 spiro atoms. The van der Waals surface area contributed by atoms with Gasteiger partial charge in [0.25, 0.3) is 0 Å². The van der Waals surface area contributed by atoms with E-state index < -0.39 is 0 Å². The molecule has 17 heavy (non-hydrogen) atoms. The van der Waals surface area contributed by atoms with Gasteiger partial charge in [-0.1, -0.05) is 6.92 Å². The average Bonchev–Trinajstić information content (AvgIpc) is 2.33. The summed E-state index contributed by atoms with van der Waals surface area (Å²) in [5.41, 5.74) is 0. The van der Waals surface area contributed by atoms with Gasteiger partial charge in [0, 0.05) is 23.6 Å². The fourth-order valence-electron chi connectivity index (χ4n) is 3.09. The summed E-state index contributed by atoms with van der Waals surface area (Å²) in [6.45, 7) is 9.91. The van der Waals surface area contributed by atoms with Crippen LogP contribution in [0.25, 0.3) is 0 Å². The summed E-state index contributed by atoms with van der Waals surface area (Å²) in [6.07, 6.45) is 5.55. The first-order valence-corrected chi connectivity index (χ1v) is 8.37. The summed E-state index contributed by atoms with van der Waals surface area (Å²) in [5.74, 6) is 2.28. The molecule has 2 aliphatic heterocycles. The average molecular weight is 256 g/mol. The van der Waals surface area contributed by atoms with Crippen molar-refractivity contribution in [2.75, 3.05) is 31.9 Å². The predicted molar refractivity (Wildman–Crippen MR) is 77.8 cm³/mol. The number of rotatable bonds is 4. The molecule has 0 aromatic heterocycles. The van der Waals surface area contributed by atoms with Crippen LogP contribution >= 0.6 is 11.8 Å². The molecule has 2 rings (SSSR count). The van der Waals surface area contributed by atoms with Gasteiger partial charge in [0.1, 0.15) is 0 Å². The van der Waals surface area contributed by atoms with Crippen molar-refractivity contribution in [2.45, 2.75) is 50.8 Å². The molecular formula is C14H28N2S. The minimum atomic E-state index is 0.812. The molecule has 3 heteroatoms. The fraction of sp³-hybridized carbons (Fsp3) is 1.00. The molecule has 2 saturated heterocycles. The molecule has 1 N–H and O–H groups in total. The number of hydrogen-bond donors (Lipinski definition) is 1. The maximum absolute atomic E-state index is 3.44. The zero-order chi connectivity index (χ0) is 12.1. The van der Waals surface area contributed by atoms with Gasteiger partial charge in [-0.25, -0.2) is 0 Å². The maximum atomic E-state index is 3.44. The van der Waals surface area contributed by atoms with E-state index in [1.165, 1.54) is 57.6 Å². The summed E-state index contributed by atoms with van der Waals surface area (Å²) in [7, 11) is 0. The molecule has 100 valence electrons. The second kappa shape index (κ2) is 7.01. The first kappa shape index (κ1) is 13.7. The SMILES string of the molecule is CC1CCN(CCSC2CCNCC2)C(C)C1. The van der Waals surface area contributed by atoms with Crippen molar-refractivity contribution in [2.24, 2.45) is 5.92 Å². The van der Waals surface area contributed by atoms with Crippen molar-refractivity contribution < 1.29 is 0 Å². The van der Waals surface area contributed by atoms with E-state index in [2.05, 4.69) is 35.8 Å². The monoisotopic (exact) mass is 256 g/mol. The Kier molecular flexibility index (Phi) is 5.64. The summed E-state index contributed by atoms with van der Waals surface area (Å²) in [6, 6.07) is 0.812.